The number of amides is 1. The third-order valence-electron chi connectivity index (χ3n) is 5.84. The van der Waals surface area contributed by atoms with Crippen LogP contribution in [0.25, 0.3) is 5.82 Å². The Kier molecular flexibility index (Phi) is 6.95. The average Bonchev–Trinajstić information content (AvgIpc) is 3.50. The van der Waals surface area contributed by atoms with Gasteiger partial charge < -0.3 is 24.8 Å². The molecule has 1 saturated heterocycles. The second kappa shape index (κ2) is 10.4. The van der Waals surface area contributed by atoms with Crippen molar-refractivity contribution in [2.45, 2.75) is 12.1 Å². The molecule has 3 aromatic heterocycles. The highest BCUT2D eigenvalue weighted by molar-refractivity contribution is 7.80. The Balaban J connectivity index is 1.55. The van der Waals surface area contributed by atoms with Crippen molar-refractivity contribution in [1.29, 1.82) is 0 Å². The Morgan fingerprint density at radius 3 is 2.64 bits per heavy atom. The van der Waals surface area contributed by atoms with E-state index < -0.39 is 0 Å². The molecule has 0 unspecified atom stereocenters. The van der Waals surface area contributed by atoms with Gasteiger partial charge in [0.25, 0.3) is 0 Å². The summed E-state index contributed by atoms with van der Waals surface area (Å²) in [5.74, 6) is 0.526. The topological polar surface area (TPSA) is 84.3 Å². The first-order valence-corrected chi connectivity index (χ1v) is 12.0. The monoisotopic (exact) mass is 518 g/mol. The van der Waals surface area contributed by atoms with Crippen molar-refractivity contribution in [2.24, 2.45) is 0 Å². The summed E-state index contributed by atoms with van der Waals surface area (Å²) in [4.78, 5) is 23.1. The molecule has 1 aliphatic heterocycles. The summed E-state index contributed by atoms with van der Waals surface area (Å²) in [6.07, 6.45) is 5.37. The van der Waals surface area contributed by atoms with Crippen LogP contribution in [0.2, 0.25) is 5.02 Å². The number of pyridine rings is 2. The summed E-state index contributed by atoms with van der Waals surface area (Å²) in [6.45, 7) is -0.00850. The summed E-state index contributed by atoms with van der Waals surface area (Å²) >= 11 is 11.9. The van der Waals surface area contributed by atoms with E-state index in [2.05, 4.69) is 31.6 Å². The minimum Gasteiger partial charge on any atom is -0.375 e. The highest BCUT2D eigenvalue weighted by Gasteiger charge is 2.42. The number of nitrogens with zero attached hydrogens (tertiary/aromatic N) is 4. The summed E-state index contributed by atoms with van der Waals surface area (Å²) in [6, 6.07) is 20.7. The van der Waals surface area contributed by atoms with E-state index in [1.807, 2.05) is 71.4 Å². The van der Waals surface area contributed by atoms with Crippen LogP contribution < -0.4 is 15.5 Å². The number of methoxy groups -OCH3 is 1. The zero-order valence-electron chi connectivity index (χ0n) is 19.3. The molecule has 4 aromatic rings. The van der Waals surface area contributed by atoms with Gasteiger partial charge in [0.1, 0.15) is 18.5 Å². The van der Waals surface area contributed by atoms with Gasteiger partial charge in [0.2, 0.25) is 5.91 Å². The second-order valence-electron chi connectivity index (χ2n) is 8.16. The maximum absolute atomic E-state index is 11.9. The van der Waals surface area contributed by atoms with Gasteiger partial charge in [-0.3, -0.25) is 9.78 Å². The first kappa shape index (κ1) is 23.9. The SMILES string of the molecule is COCC(=O)Nc1ccc(N2C(=S)N[C@H](c3ccccn3)[C@H]2c2cccn2-c2ccc(Cl)cn2)cc1. The van der Waals surface area contributed by atoms with Gasteiger partial charge in [-0.2, -0.15) is 0 Å². The van der Waals surface area contributed by atoms with E-state index in [4.69, 9.17) is 28.6 Å². The van der Waals surface area contributed by atoms with E-state index in [0.717, 1.165) is 22.9 Å². The van der Waals surface area contributed by atoms with E-state index in [0.29, 0.717) is 15.8 Å². The molecule has 1 aliphatic rings. The van der Waals surface area contributed by atoms with Gasteiger partial charge >= 0.3 is 0 Å². The van der Waals surface area contributed by atoms with Gasteiger partial charge in [-0.15, -0.1) is 0 Å². The number of ether oxygens (including phenoxy) is 1. The van der Waals surface area contributed by atoms with Gasteiger partial charge in [0.15, 0.2) is 5.11 Å². The minimum atomic E-state index is -0.228. The van der Waals surface area contributed by atoms with Crippen LogP contribution in [0.5, 0.6) is 0 Å². The molecule has 4 heterocycles. The number of hydrogen-bond acceptors (Lipinski definition) is 5. The number of rotatable bonds is 7. The van der Waals surface area contributed by atoms with Crippen molar-refractivity contribution in [1.82, 2.24) is 19.9 Å². The molecule has 0 radical (unpaired) electrons. The van der Waals surface area contributed by atoms with Crippen molar-refractivity contribution in [2.75, 3.05) is 23.9 Å². The fourth-order valence-electron chi connectivity index (χ4n) is 4.32. The zero-order chi connectivity index (χ0) is 25.1. The van der Waals surface area contributed by atoms with Crippen molar-refractivity contribution >= 4 is 46.2 Å². The Morgan fingerprint density at radius 2 is 1.94 bits per heavy atom. The van der Waals surface area contributed by atoms with Crippen molar-refractivity contribution in [3.63, 3.8) is 0 Å². The molecule has 8 nitrogen and oxygen atoms in total. The molecule has 10 heteroatoms. The van der Waals surface area contributed by atoms with Gasteiger partial charge in [-0.05, 0) is 72.9 Å². The lowest BCUT2D eigenvalue weighted by atomic mass is 10.0. The summed E-state index contributed by atoms with van der Waals surface area (Å²) in [5.41, 5.74) is 3.39. The van der Waals surface area contributed by atoms with Gasteiger partial charge in [0.05, 0.1) is 16.8 Å². The van der Waals surface area contributed by atoms with Crippen molar-refractivity contribution < 1.29 is 9.53 Å². The molecule has 5 rings (SSSR count). The predicted molar refractivity (Wildman–Crippen MR) is 143 cm³/mol. The molecule has 1 aromatic carbocycles. The van der Waals surface area contributed by atoms with Crippen LogP contribution in [-0.2, 0) is 9.53 Å². The first-order chi connectivity index (χ1) is 17.5. The lowest BCUT2D eigenvalue weighted by Gasteiger charge is -2.29. The number of aromatic nitrogens is 3. The van der Waals surface area contributed by atoms with Gasteiger partial charge in [-0.25, -0.2) is 4.98 Å². The maximum Gasteiger partial charge on any atom is 0.250 e. The molecule has 0 saturated carbocycles. The lowest BCUT2D eigenvalue weighted by Crippen LogP contribution is -2.30. The van der Waals surface area contributed by atoms with E-state index in [1.54, 1.807) is 12.4 Å². The normalized spacial score (nSPS) is 17.2. The standard InChI is InChI=1S/C26H23ClN6O2S/c1-35-16-23(34)30-18-8-10-19(11-9-18)33-25(24(31-26(33)36)20-5-2-3-13-28-20)21-6-4-14-32(21)22-12-7-17(27)15-29-22/h2-15,24-25H,16H2,1H3,(H,30,34)(H,31,36)/t24-,25-/m1/s1. The smallest absolute Gasteiger partial charge is 0.250 e. The first-order valence-electron chi connectivity index (χ1n) is 11.2. The van der Waals surface area contributed by atoms with Crippen LogP contribution in [0.4, 0.5) is 11.4 Å². The van der Waals surface area contributed by atoms with Crippen molar-refractivity contribution in [3.05, 3.63) is 102 Å². The molecule has 0 bridgehead atoms. The van der Waals surface area contributed by atoms with Crippen LogP contribution in [-0.4, -0.2) is 39.3 Å². The molecule has 0 aliphatic carbocycles. The fourth-order valence-corrected chi connectivity index (χ4v) is 4.78. The molecular weight excluding hydrogens is 496 g/mol. The highest BCUT2D eigenvalue weighted by atomic mass is 35.5. The molecular formula is C26H23ClN6O2S. The third kappa shape index (κ3) is 4.81. The molecule has 182 valence electrons. The number of anilines is 2. The van der Waals surface area contributed by atoms with Crippen molar-refractivity contribution in [3.8, 4) is 5.82 Å². The predicted octanol–water partition coefficient (Wildman–Crippen LogP) is 4.68. The molecule has 0 spiro atoms. The number of nitrogens with one attached hydrogen (secondary N) is 2. The second-order valence-corrected chi connectivity index (χ2v) is 8.99. The number of hydrogen-bond donors (Lipinski definition) is 2. The minimum absolute atomic E-state index is 0.00850. The van der Waals surface area contributed by atoms with E-state index >= 15 is 0 Å². The molecule has 1 amide bonds. The third-order valence-corrected chi connectivity index (χ3v) is 6.38. The number of carbonyl (C=O) groups is 1. The lowest BCUT2D eigenvalue weighted by molar-refractivity contribution is -0.119. The van der Waals surface area contributed by atoms with E-state index in [9.17, 15) is 4.79 Å². The highest BCUT2D eigenvalue weighted by Crippen LogP contribution is 2.42. The summed E-state index contributed by atoms with van der Waals surface area (Å²) in [7, 11) is 1.48. The number of carbonyl (C=O) groups excluding carboxylic acids is 1. The number of thiocarbonyl (C=S) groups is 1. The van der Waals surface area contributed by atoms with Crippen LogP contribution in [0.15, 0.2) is 85.3 Å². The van der Waals surface area contributed by atoms with E-state index in [-0.39, 0.29) is 24.6 Å². The average molecular weight is 519 g/mol. The van der Waals surface area contributed by atoms with Crippen LogP contribution in [0, 0.1) is 0 Å². The number of halogens is 1. The Morgan fingerprint density at radius 1 is 1.11 bits per heavy atom. The number of benzene rings is 1. The molecule has 36 heavy (non-hydrogen) atoms. The molecule has 2 N–H and O–H groups in total. The summed E-state index contributed by atoms with van der Waals surface area (Å²) < 4.78 is 6.92. The summed E-state index contributed by atoms with van der Waals surface area (Å²) in [5, 5.41) is 7.42. The van der Waals surface area contributed by atoms with Crippen LogP contribution in [0.3, 0.4) is 0 Å². The van der Waals surface area contributed by atoms with Crippen LogP contribution in [0.1, 0.15) is 23.5 Å². The van der Waals surface area contributed by atoms with Gasteiger partial charge in [0, 0.05) is 42.8 Å². The Hall–Kier alpha value is -3.79. The Labute approximate surface area is 218 Å². The largest absolute Gasteiger partial charge is 0.375 e. The fraction of sp³-hybridized carbons (Fsp3) is 0.154. The zero-order valence-corrected chi connectivity index (χ0v) is 20.9. The maximum atomic E-state index is 11.9. The van der Waals surface area contributed by atoms with Crippen LogP contribution >= 0.6 is 23.8 Å². The van der Waals surface area contributed by atoms with E-state index in [1.165, 1.54) is 7.11 Å². The Bertz CT molecular complexity index is 1360. The molecule has 1 fully saturated rings. The molecule has 2 atom stereocenters. The quantitative estimate of drug-likeness (QED) is 0.343. The van der Waals surface area contributed by atoms with Gasteiger partial charge in [-0.1, -0.05) is 17.7 Å².